The van der Waals surface area contributed by atoms with Crippen LogP contribution in [0.2, 0.25) is 0 Å². The first-order chi connectivity index (χ1) is 11.0. The van der Waals surface area contributed by atoms with Gasteiger partial charge in [0.25, 0.3) is 5.56 Å². The van der Waals surface area contributed by atoms with Crippen molar-refractivity contribution in [3.63, 3.8) is 0 Å². The number of nitrogens with zero attached hydrogens (tertiary/aromatic N) is 4. The maximum absolute atomic E-state index is 12.5. The Morgan fingerprint density at radius 3 is 2.52 bits per heavy atom. The van der Waals surface area contributed by atoms with Crippen LogP contribution in [0, 0.1) is 5.21 Å². The molecule has 1 saturated heterocycles. The Labute approximate surface area is 134 Å². The van der Waals surface area contributed by atoms with Crippen LogP contribution in [0.3, 0.4) is 0 Å². The molecule has 2 aromatic rings. The summed E-state index contributed by atoms with van der Waals surface area (Å²) in [5.41, 5.74) is 4.82. The van der Waals surface area contributed by atoms with Gasteiger partial charge < -0.3 is 20.7 Å². The van der Waals surface area contributed by atoms with E-state index in [1.807, 2.05) is 0 Å². The summed E-state index contributed by atoms with van der Waals surface area (Å²) in [6, 6.07) is 2.51. The van der Waals surface area contributed by atoms with E-state index in [0.29, 0.717) is 30.9 Å². The summed E-state index contributed by atoms with van der Waals surface area (Å²) in [6.07, 6.45) is 1.28. The van der Waals surface area contributed by atoms with Crippen LogP contribution in [0.25, 0.3) is 10.2 Å². The number of aromatic nitrogens is 2. The lowest BCUT2D eigenvalue weighted by molar-refractivity contribution is -0.574. The van der Waals surface area contributed by atoms with Crippen LogP contribution in [-0.2, 0) is 4.79 Å². The lowest BCUT2D eigenvalue weighted by Crippen LogP contribution is -2.53. The molecule has 1 aliphatic rings. The smallest absolute Gasteiger partial charge is 0.341 e. The first-order valence-corrected chi connectivity index (χ1v) is 7.81. The highest BCUT2D eigenvalue weighted by Gasteiger charge is 2.27. The normalized spacial score (nSPS) is 15.2. The van der Waals surface area contributed by atoms with E-state index >= 15 is 0 Å². The number of nitrogens with two attached hydrogens (primary N) is 1. The van der Waals surface area contributed by atoms with E-state index in [0.717, 1.165) is 15.5 Å². The molecule has 3 rings (SSSR count). The molecule has 0 aromatic carbocycles. The summed E-state index contributed by atoms with van der Waals surface area (Å²) >= 11 is 0.827. The van der Waals surface area contributed by atoms with E-state index in [4.69, 9.17) is 5.73 Å². The predicted molar refractivity (Wildman–Crippen MR) is 83.0 cm³/mol. The van der Waals surface area contributed by atoms with Gasteiger partial charge >= 0.3 is 10.9 Å². The average Bonchev–Trinajstić information content (AvgIpc) is 2.92. The van der Waals surface area contributed by atoms with E-state index in [9.17, 15) is 19.6 Å². The van der Waals surface area contributed by atoms with Gasteiger partial charge in [-0.2, -0.15) is 8.69 Å². The Balaban J connectivity index is 1.82. The van der Waals surface area contributed by atoms with Crippen LogP contribution in [0.15, 0.2) is 23.1 Å². The van der Waals surface area contributed by atoms with Gasteiger partial charge in [-0.15, -0.1) is 0 Å². The molecule has 2 N–H and O–H groups in total. The fourth-order valence-corrected chi connectivity index (χ4v) is 3.44. The molecule has 0 bridgehead atoms. The fourth-order valence-electron chi connectivity index (χ4n) is 2.50. The minimum Gasteiger partial charge on any atom is -0.618 e. The van der Waals surface area contributed by atoms with Crippen LogP contribution in [0.1, 0.15) is 0 Å². The molecule has 10 heteroatoms. The van der Waals surface area contributed by atoms with Crippen molar-refractivity contribution in [3.05, 3.63) is 33.9 Å². The number of fused-ring (bicyclic) bond motifs is 1. The lowest BCUT2D eigenvalue weighted by atomic mass is 10.3. The lowest BCUT2D eigenvalue weighted by Gasteiger charge is -2.34. The van der Waals surface area contributed by atoms with Crippen LogP contribution in [0.4, 0.5) is 4.79 Å². The van der Waals surface area contributed by atoms with Crippen LogP contribution in [-0.4, -0.2) is 58.4 Å². The minimum atomic E-state index is -0.499. The third-order valence-corrected chi connectivity index (χ3v) is 4.84. The first-order valence-electron chi connectivity index (χ1n) is 7.04. The van der Waals surface area contributed by atoms with E-state index < -0.39 is 11.6 Å². The van der Waals surface area contributed by atoms with Crippen molar-refractivity contribution in [2.24, 2.45) is 5.73 Å². The van der Waals surface area contributed by atoms with Gasteiger partial charge in [0, 0.05) is 43.8 Å². The molecule has 2 amide bonds. The number of hydrogen-bond donors (Lipinski definition) is 1. The predicted octanol–water partition coefficient (Wildman–Crippen LogP) is -1.23. The Kier molecular flexibility index (Phi) is 4.01. The number of pyridine rings is 1. The zero-order valence-corrected chi connectivity index (χ0v) is 13.0. The van der Waals surface area contributed by atoms with Gasteiger partial charge in [0.15, 0.2) is 6.20 Å². The third-order valence-electron chi connectivity index (χ3n) is 3.76. The monoisotopic (exact) mass is 337 g/mol. The topological polar surface area (TPSA) is 116 Å². The van der Waals surface area contributed by atoms with Crippen LogP contribution >= 0.6 is 11.5 Å². The highest BCUT2D eigenvalue weighted by atomic mass is 32.1. The summed E-state index contributed by atoms with van der Waals surface area (Å²) < 4.78 is 1.56. The molecule has 23 heavy (non-hydrogen) atoms. The SMILES string of the molecule is NCC(=O)N1CCN(C(=O)n2sc3c(ccc[n+]3[O-])c2=O)CC1. The van der Waals surface area contributed by atoms with Crippen molar-refractivity contribution in [1.82, 2.24) is 13.8 Å². The Bertz CT molecular complexity index is 821. The maximum Gasteiger partial charge on any atom is 0.341 e. The maximum atomic E-state index is 12.5. The number of piperazine rings is 1. The third kappa shape index (κ3) is 2.66. The molecule has 3 heterocycles. The number of rotatable bonds is 1. The van der Waals surface area contributed by atoms with E-state index in [2.05, 4.69) is 0 Å². The molecule has 0 spiro atoms. The molecular formula is C13H15N5O4S. The summed E-state index contributed by atoms with van der Waals surface area (Å²) in [7, 11) is 0. The molecule has 0 aliphatic carbocycles. The number of amides is 2. The summed E-state index contributed by atoms with van der Waals surface area (Å²) in [5, 5.41) is 11.9. The van der Waals surface area contributed by atoms with E-state index in [-0.39, 0.29) is 22.7 Å². The van der Waals surface area contributed by atoms with Gasteiger partial charge in [-0.25, -0.2) is 4.79 Å². The molecule has 122 valence electrons. The molecule has 9 nitrogen and oxygen atoms in total. The average molecular weight is 337 g/mol. The minimum absolute atomic E-state index is 0.0623. The number of carbonyl (C=O) groups is 2. The standard InChI is InChI=1S/C13H15N5O4S/c14-8-10(19)15-4-6-16(7-5-15)13(21)18-11(20)9-2-1-3-17(22)12(9)23-18/h1-3H,4-8,14H2. The molecule has 1 fully saturated rings. The fraction of sp³-hybridized carbons (Fsp3) is 0.385. The van der Waals surface area contributed by atoms with Gasteiger partial charge in [-0.1, -0.05) is 0 Å². The van der Waals surface area contributed by atoms with Crippen LogP contribution in [0.5, 0.6) is 0 Å². The van der Waals surface area contributed by atoms with Gasteiger partial charge in [0.2, 0.25) is 5.91 Å². The number of carbonyl (C=O) groups excluding carboxylic acids is 2. The van der Waals surface area contributed by atoms with Gasteiger partial charge in [0.05, 0.1) is 6.54 Å². The van der Waals surface area contributed by atoms with Crippen molar-refractivity contribution >= 4 is 33.7 Å². The Morgan fingerprint density at radius 2 is 1.91 bits per heavy atom. The summed E-state index contributed by atoms with van der Waals surface area (Å²) in [5.74, 6) is -0.163. The van der Waals surface area contributed by atoms with Crippen molar-refractivity contribution in [1.29, 1.82) is 0 Å². The van der Waals surface area contributed by atoms with Crippen molar-refractivity contribution in [3.8, 4) is 0 Å². The largest absolute Gasteiger partial charge is 0.618 e. The molecule has 0 atom stereocenters. The van der Waals surface area contributed by atoms with Crippen molar-refractivity contribution < 1.29 is 14.3 Å². The quantitative estimate of drug-likeness (QED) is 0.516. The summed E-state index contributed by atoms with van der Waals surface area (Å²) in [6.45, 7) is 1.34. The molecule has 2 aromatic heterocycles. The second-order valence-corrected chi connectivity index (χ2v) is 6.03. The second kappa shape index (κ2) is 5.97. The zero-order valence-electron chi connectivity index (χ0n) is 12.2. The van der Waals surface area contributed by atoms with E-state index in [1.165, 1.54) is 23.2 Å². The molecular weight excluding hydrogens is 322 g/mol. The van der Waals surface area contributed by atoms with E-state index in [1.54, 1.807) is 4.90 Å². The van der Waals surface area contributed by atoms with Crippen molar-refractivity contribution in [2.45, 2.75) is 0 Å². The van der Waals surface area contributed by atoms with Crippen LogP contribution < -0.4 is 16.0 Å². The zero-order chi connectivity index (χ0) is 16.6. The summed E-state index contributed by atoms with van der Waals surface area (Å²) in [4.78, 5) is 39.6. The highest BCUT2D eigenvalue weighted by molar-refractivity contribution is 7.13. The van der Waals surface area contributed by atoms with Gasteiger partial charge in [-0.3, -0.25) is 9.59 Å². The highest BCUT2D eigenvalue weighted by Crippen LogP contribution is 2.13. The molecule has 0 unspecified atom stereocenters. The van der Waals surface area contributed by atoms with Gasteiger partial charge in [0.1, 0.15) is 5.39 Å². The van der Waals surface area contributed by atoms with Gasteiger partial charge in [-0.05, 0) is 6.07 Å². The Hall–Kier alpha value is -2.46. The Morgan fingerprint density at radius 1 is 1.26 bits per heavy atom. The molecule has 0 radical (unpaired) electrons. The second-order valence-electron chi connectivity index (χ2n) is 5.10. The first kappa shape index (κ1) is 15.4. The molecule has 0 saturated carbocycles. The number of hydrogen-bond acceptors (Lipinski definition) is 6. The van der Waals surface area contributed by atoms with Crippen molar-refractivity contribution in [2.75, 3.05) is 32.7 Å². The molecule has 1 aliphatic heterocycles.